The third-order valence-corrected chi connectivity index (χ3v) is 2.41. The fourth-order valence-corrected chi connectivity index (χ4v) is 1.51. The quantitative estimate of drug-likeness (QED) is 0.757. The zero-order chi connectivity index (χ0) is 12.6. The summed E-state index contributed by atoms with van der Waals surface area (Å²) in [4.78, 5) is 0. The van der Waals surface area contributed by atoms with E-state index in [2.05, 4.69) is 10.2 Å². The number of benzene rings is 1. The second kappa shape index (κ2) is 4.20. The first-order valence-electron chi connectivity index (χ1n) is 5.05. The molecule has 17 heavy (non-hydrogen) atoms. The molecule has 0 aliphatic heterocycles. The third kappa shape index (κ3) is 1.90. The van der Waals surface area contributed by atoms with Crippen molar-refractivity contribution in [3.8, 4) is 11.4 Å². The van der Waals surface area contributed by atoms with Gasteiger partial charge in [-0.2, -0.15) is 0 Å². The molecule has 0 aliphatic carbocycles. The first kappa shape index (κ1) is 11.6. The van der Waals surface area contributed by atoms with Crippen LogP contribution < -0.4 is 0 Å². The van der Waals surface area contributed by atoms with E-state index in [0.717, 1.165) is 12.1 Å². The molecule has 1 aromatic heterocycles. The highest BCUT2D eigenvalue weighted by Gasteiger charge is 2.19. The molecule has 0 saturated carbocycles. The fraction of sp³-hybridized carbons (Fsp3) is 0.273. The monoisotopic (exact) mass is 241 g/mol. The number of aromatic nitrogens is 3. The van der Waals surface area contributed by atoms with E-state index in [4.69, 9.17) is 0 Å². The molecule has 2 rings (SSSR count). The van der Waals surface area contributed by atoms with Gasteiger partial charge in [0.15, 0.2) is 23.3 Å². The van der Waals surface area contributed by atoms with Crippen LogP contribution in [-0.2, 0) is 0 Å². The van der Waals surface area contributed by atoms with E-state index in [1.807, 2.05) is 13.8 Å². The minimum atomic E-state index is -1.50. The summed E-state index contributed by atoms with van der Waals surface area (Å²) in [5.74, 6) is -3.79. The predicted octanol–water partition coefficient (Wildman–Crippen LogP) is 2.94. The van der Waals surface area contributed by atoms with Crippen LogP contribution in [0.25, 0.3) is 11.4 Å². The molecule has 90 valence electrons. The Morgan fingerprint density at radius 2 is 1.82 bits per heavy atom. The Balaban J connectivity index is 2.61. The zero-order valence-electron chi connectivity index (χ0n) is 9.28. The van der Waals surface area contributed by atoms with Gasteiger partial charge < -0.3 is 4.57 Å². The van der Waals surface area contributed by atoms with Gasteiger partial charge in [-0.15, -0.1) is 10.2 Å². The Kier molecular flexibility index (Phi) is 2.87. The van der Waals surface area contributed by atoms with Crippen LogP contribution in [-0.4, -0.2) is 14.8 Å². The van der Waals surface area contributed by atoms with Gasteiger partial charge in [0.1, 0.15) is 6.33 Å². The Morgan fingerprint density at radius 1 is 1.12 bits per heavy atom. The van der Waals surface area contributed by atoms with Crippen LogP contribution in [0.5, 0.6) is 0 Å². The molecule has 0 radical (unpaired) electrons. The van der Waals surface area contributed by atoms with Crippen molar-refractivity contribution in [3.63, 3.8) is 0 Å². The number of halogens is 3. The number of rotatable bonds is 2. The van der Waals surface area contributed by atoms with Gasteiger partial charge in [0.05, 0.1) is 5.56 Å². The minimum absolute atomic E-state index is 0.00693. The van der Waals surface area contributed by atoms with Crippen molar-refractivity contribution in [2.24, 2.45) is 0 Å². The van der Waals surface area contributed by atoms with E-state index in [0.29, 0.717) is 0 Å². The van der Waals surface area contributed by atoms with E-state index >= 15 is 0 Å². The predicted molar refractivity (Wildman–Crippen MR) is 55.7 cm³/mol. The Bertz CT molecular complexity index is 549. The van der Waals surface area contributed by atoms with Crippen LogP contribution in [0.1, 0.15) is 19.9 Å². The molecule has 0 unspecified atom stereocenters. The lowest BCUT2D eigenvalue weighted by Gasteiger charge is -2.10. The standard InChI is InChI=1S/C11H10F3N3/c1-6(2)17-5-15-16-11(17)7-3-4-8(12)10(14)9(7)13/h3-6H,1-2H3. The maximum Gasteiger partial charge on any atom is 0.195 e. The topological polar surface area (TPSA) is 30.7 Å². The van der Waals surface area contributed by atoms with E-state index in [1.54, 1.807) is 4.57 Å². The van der Waals surface area contributed by atoms with Crippen LogP contribution in [0, 0.1) is 17.5 Å². The van der Waals surface area contributed by atoms with Gasteiger partial charge in [-0.3, -0.25) is 0 Å². The summed E-state index contributed by atoms with van der Waals surface area (Å²) in [6.07, 6.45) is 1.42. The molecule has 6 heteroatoms. The van der Waals surface area contributed by atoms with Crippen LogP contribution in [0.15, 0.2) is 18.5 Å². The van der Waals surface area contributed by atoms with Gasteiger partial charge in [-0.05, 0) is 26.0 Å². The average Bonchev–Trinajstić information content (AvgIpc) is 2.75. The van der Waals surface area contributed by atoms with Crippen molar-refractivity contribution in [3.05, 3.63) is 35.9 Å². The molecule has 0 amide bonds. The zero-order valence-corrected chi connectivity index (χ0v) is 9.28. The van der Waals surface area contributed by atoms with E-state index in [-0.39, 0.29) is 17.4 Å². The molecule has 3 nitrogen and oxygen atoms in total. The maximum absolute atomic E-state index is 13.6. The third-order valence-electron chi connectivity index (χ3n) is 2.41. The van der Waals surface area contributed by atoms with Gasteiger partial charge >= 0.3 is 0 Å². The SMILES string of the molecule is CC(C)n1cnnc1-c1ccc(F)c(F)c1F. The van der Waals surface area contributed by atoms with Crippen LogP contribution in [0.4, 0.5) is 13.2 Å². The molecular weight excluding hydrogens is 231 g/mol. The second-order valence-electron chi connectivity index (χ2n) is 3.88. The van der Waals surface area contributed by atoms with Crippen LogP contribution in [0.2, 0.25) is 0 Å². The Morgan fingerprint density at radius 3 is 2.47 bits per heavy atom. The lowest BCUT2D eigenvalue weighted by Crippen LogP contribution is -2.04. The summed E-state index contributed by atoms with van der Waals surface area (Å²) >= 11 is 0. The van der Waals surface area contributed by atoms with E-state index in [1.165, 1.54) is 6.33 Å². The molecular formula is C11H10F3N3. The number of nitrogens with zero attached hydrogens (tertiary/aromatic N) is 3. The minimum Gasteiger partial charge on any atom is -0.311 e. The molecule has 0 saturated heterocycles. The van der Waals surface area contributed by atoms with Gasteiger partial charge in [-0.1, -0.05) is 0 Å². The van der Waals surface area contributed by atoms with Gasteiger partial charge in [0.25, 0.3) is 0 Å². The Hall–Kier alpha value is -1.85. The van der Waals surface area contributed by atoms with Crippen molar-refractivity contribution < 1.29 is 13.2 Å². The fourth-order valence-electron chi connectivity index (χ4n) is 1.51. The van der Waals surface area contributed by atoms with Crippen LogP contribution in [0.3, 0.4) is 0 Å². The Labute approximate surface area is 95.9 Å². The molecule has 0 fully saturated rings. The normalized spacial score (nSPS) is 11.2. The highest BCUT2D eigenvalue weighted by atomic mass is 19.2. The van der Waals surface area contributed by atoms with Gasteiger partial charge in [-0.25, -0.2) is 13.2 Å². The van der Waals surface area contributed by atoms with Crippen molar-refractivity contribution in [2.75, 3.05) is 0 Å². The molecule has 0 spiro atoms. The van der Waals surface area contributed by atoms with E-state index < -0.39 is 17.5 Å². The van der Waals surface area contributed by atoms with Crippen molar-refractivity contribution in [1.82, 2.24) is 14.8 Å². The lowest BCUT2D eigenvalue weighted by molar-refractivity contribution is 0.448. The molecule has 0 bridgehead atoms. The summed E-state index contributed by atoms with van der Waals surface area (Å²) in [6.45, 7) is 3.70. The maximum atomic E-state index is 13.6. The largest absolute Gasteiger partial charge is 0.311 e. The molecule has 0 N–H and O–H groups in total. The smallest absolute Gasteiger partial charge is 0.195 e. The number of hydrogen-bond donors (Lipinski definition) is 0. The lowest BCUT2D eigenvalue weighted by atomic mass is 10.1. The van der Waals surface area contributed by atoms with Crippen molar-refractivity contribution in [1.29, 1.82) is 0 Å². The average molecular weight is 241 g/mol. The van der Waals surface area contributed by atoms with Crippen LogP contribution >= 0.6 is 0 Å². The van der Waals surface area contributed by atoms with Gasteiger partial charge in [0, 0.05) is 6.04 Å². The molecule has 2 aromatic rings. The van der Waals surface area contributed by atoms with Crippen molar-refractivity contribution in [2.45, 2.75) is 19.9 Å². The first-order chi connectivity index (χ1) is 8.02. The van der Waals surface area contributed by atoms with E-state index in [9.17, 15) is 13.2 Å². The summed E-state index contributed by atoms with van der Waals surface area (Å²) in [5, 5.41) is 7.37. The number of hydrogen-bond acceptors (Lipinski definition) is 2. The van der Waals surface area contributed by atoms with Crippen molar-refractivity contribution >= 4 is 0 Å². The summed E-state index contributed by atoms with van der Waals surface area (Å²) in [5.41, 5.74) is -0.102. The summed E-state index contributed by atoms with van der Waals surface area (Å²) < 4.78 is 41.1. The molecule has 1 aromatic carbocycles. The molecule has 0 atom stereocenters. The highest BCUT2D eigenvalue weighted by Crippen LogP contribution is 2.25. The first-order valence-corrected chi connectivity index (χ1v) is 5.05. The molecule has 1 heterocycles. The second-order valence-corrected chi connectivity index (χ2v) is 3.88. The summed E-state index contributed by atoms with van der Waals surface area (Å²) in [6, 6.07) is 2.01. The summed E-state index contributed by atoms with van der Waals surface area (Å²) in [7, 11) is 0. The van der Waals surface area contributed by atoms with Gasteiger partial charge in [0.2, 0.25) is 0 Å². The molecule has 0 aliphatic rings. The highest BCUT2D eigenvalue weighted by molar-refractivity contribution is 5.56.